The summed E-state index contributed by atoms with van der Waals surface area (Å²) in [5.74, 6) is -1.32. The van der Waals surface area contributed by atoms with E-state index in [0.29, 0.717) is 6.42 Å². The predicted molar refractivity (Wildman–Crippen MR) is 71.3 cm³/mol. The van der Waals surface area contributed by atoms with Gasteiger partial charge in [-0.15, -0.1) is 0 Å². The van der Waals surface area contributed by atoms with Gasteiger partial charge in [0.2, 0.25) is 0 Å². The van der Waals surface area contributed by atoms with E-state index in [4.69, 9.17) is 15.2 Å². The van der Waals surface area contributed by atoms with Crippen molar-refractivity contribution >= 4 is 11.9 Å². The van der Waals surface area contributed by atoms with Crippen LogP contribution in [-0.2, 0) is 19.1 Å². The number of carbonyl (C=O) groups excluding carboxylic acids is 2. The highest BCUT2D eigenvalue weighted by molar-refractivity contribution is 5.83. The van der Waals surface area contributed by atoms with Crippen LogP contribution in [0, 0.1) is 5.92 Å². The summed E-state index contributed by atoms with van der Waals surface area (Å²) in [6.45, 7) is 7.42. The van der Waals surface area contributed by atoms with Gasteiger partial charge in [0.15, 0.2) is 0 Å². The first-order valence-electron chi connectivity index (χ1n) is 6.53. The molecule has 19 heavy (non-hydrogen) atoms. The molecule has 0 saturated carbocycles. The second kappa shape index (κ2) is 5.74. The maximum atomic E-state index is 12.0. The Morgan fingerprint density at radius 2 is 2.05 bits per heavy atom. The molecule has 2 unspecified atom stereocenters. The third-order valence-electron chi connectivity index (χ3n) is 2.83. The van der Waals surface area contributed by atoms with Crippen LogP contribution in [0.15, 0.2) is 12.2 Å². The number of nitrogens with two attached hydrogens (primary N) is 1. The average Bonchev–Trinajstić information content (AvgIpc) is 2.27. The van der Waals surface area contributed by atoms with Crippen molar-refractivity contribution in [2.45, 2.75) is 51.7 Å². The van der Waals surface area contributed by atoms with Crippen LogP contribution in [0.4, 0.5) is 0 Å². The number of esters is 2. The number of hydrogen-bond acceptors (Lipinski definition) is 5. The lowest BCUT2D eigenvalue weighted by atomic mass is 9.80. The second-order valence-corrected chi connectivity index (χ2v) is 5.85. The zero-order valence-corrected chi connectivity index (χ0v) is 12.1. The Morgan fingerprint density at radius 3 is 2.58 bits per heavy atom. The quantitative estimate of drug-likeness (QED) is 0.621. The SMILES string of the molecule is CCOC(=O)C1(N)CC=CC(C(=O)OC(C)(C)C)C1. The zero-order chi connectivity index (χ0) is 14.7. The summed E-state index contributed by atoms with van der Waals surface area (Å²) in [5.41, 5.74) is 4.36. The lowest BCUT2D eigenvalue weighted by Crippen LogP contribution is -2.52. The van der Waals surface area contributed by atoms with E-state index in [9.17, 15) is 9.59 Å². The fourth-order valence-corrected chi connectivity index (χ4v) is 1.97. The molecule has 0 aromatic heterocycles. The second-order valence-electron chi connectivity index (χ2n) is 5.85. The molecule has 5 heteroatoms. The Labute approximate surface area is 114 Å². The summed E-state index contributed by atoms with van der Waals surface area (Å²) in [5, 5.41) is 0. The van der Waals surface area contributed by atoms with Crippen LogP contribution in [0.5, 0.6) is 0 Å². The lowest BCUT2D eigenvalue weighted by Gasteiger charge is -2.32. The van der Waals surface area contributed by atoms with Gasteiger partial charge >= 0.3 is 11.9 Å². The first-order chi connectivity index (χ1) is 8.68. The maximum absolute atomic E-state index is 12.0. The van der Waals surface area contributed by atoms with Gasteiger partial charge in [0, 0.05) is 0 Å². The third kappa shape index (κ3) is 4.35. The van der Waals surface area contributed by atoms with Gasteiger partial charge < -0.3 is 15.2 Å². The van der Waals surface area contributed by atoms with Crippen molar-refractivity contribution in [2.75, 3.05) is 6.61 Å². The van der Waals surface area contributed by atoms with E-state index in [1.54, 1.807) is 39.8 Å². The maximum Gasteiger partial charge on any atom is 0.326 e. The molecule has 0 spiro atoms. The van der Waals surface area contributed by atoms with Crippen LogP contribution in [0.1, 0.15) is 40.5 Å². The van der Waals surface area contributed by atoms with Gasteiger partial charge in [-0.1, -0.05) is 12.2 Å². The number of hydrogen-bond donors (Lipinski definition) is 1. The van der Waals surface area contributed by atoms with Crippen molar-refractivity contribution < 1.29 is 19.1 Å². The molecule has 108 valence electrons. The normalized spacial score (nSPS) is 26.9. The van der Waals surface area contributed by atoms with Crippen molar-refractivity contribution in [3.63, 3.8) is 0 Å². The van der Waals surface area contributed by atoms with Gasteiger partial charge in [-0.05, 0) is 40.5 Å². The Morgan fingerprint density at radius 1 is 1.42 bits per heavy atom. The van der Waals surface area contributed by atoms with E-state index in [0.717, 1.165) is 0 Å². The van der Waals surface area contributed by atoms with Gasteiger partial charge in [-0.3, -0.25) is 9.59 Å². The molecule has 0 amide bonds. The van der Waals surface area contributed by atoms with Crippen molar-refractivity contribution in [3.05, 3.63) is 12.2 Å². The first kappa shape index (κ1) is 15.7. The largest absolute Gasteiger partial charge is 0.465 e. The Balaban J connectivity index is 2.74. The zero-order valence-electron chi connectivity index (χ0n) is 12.1. The Hall–Kier alpha value is -1.36. The van der Waals surface area contributed by atoms with Crippen molar-refractivity contribution in [1.29, 1.82) is 0 Å². The fourth-order valence-electron chi connectivity index (χ4n) is 1.97. The van der Waals surface area contributed by atoms with Gasteiger partial charge in [-0.2, -0.15) is 0 Å². The molecular weight excluding hydrogens is 246 g/mol. The van der Waals surface area contributed by atoms with E-state index >= 15 is 0 Å². The van der Waals surface area contributed by atoms with E-state index < -0.39 is 23.0 Å². The van der Waals surface area contributed by atoms with E-state index in [1.165, 1.54) is 0 Å². The molecule has 0 aromatic rings. The highest BCUT2D eigenvalue weighted by Gasteiger charge is 2.41. The number of carbonyl (C=O) groups is 2. The molecule has 0 heterocycles. The van der Waals surface area contributed by atoms with Crippen LogP contribution in [0.2, 0.25) is 0 Å². The predicted octanol–water partition coefficient (Wildman–Crippen LogP) is 1.55. The number of rotatable bonds is 3. The highest BCUT2D eigenvalue weighted by atomic mass is 16.6. The smallest absolute Gasteiger partial charge is 0.326 e. The molecule has 2 N–H and O–H groups in total. The Kier molecular flexibility index (Phi) is 4.74. The average molecular weight is 269 g/mol. The van der Waals surface area contributed by atoms with Gasteiger partial charge in [0.25, 0.3) is 0 Å². The van der Waals surface area contributed by atoms with E-state index in [1.807, 2.05) is 0 Å². The molecular formula is C14H23NO4. The molecule has 2 atom stereocenters. The molecule has 0 radical (unpaired) electrons. The van der Waals surface area contributed by atoms with Crippen molar-refractivity contribution in [3.8, 4) is 0 Å². The minimum absolute atomic E-state index is 0.219. The number of ether oxygens (including phenoxy) is 2. The minimum atomic E-state index is -1.13. The van der Waals surface area contributed by atoms with Gasteiger partial charge in [-0.25, -0.2) is 0 Å². The standard InChI is InChI=1S/C14H23NO4/c1-5-18-12(17)14(15)8-6-7-10(9-14)11(16)19-13(2,3)4/h6-7,10H,5,8-9,15H2,1-4H3. The molecule has 1 rings (SSSR count). The summed E-state index contributed by atoms with van der Waals surface area (Å²) >= 11 is 0. The summed E-state index contributed by atoms with van der Waals surface area (Å²) < 4.78 is 10.3. The highest BCUT2D eigenvalue weighted by Crippen LogP contribution is 2.28. The molecule has 5 nitrogen and oxygen atoms in total. The molecule has 1 aliphatic carbocycles. The molecule has 0 aromatic carbocycles. The van der Waals surface area contributed by atoms with Crippen LogP contribution in [0.25, 0.3) is 0 Å². The van der Waals surface area contributed by atoms with Crippen LogP contribution >= 0.6 is 0 Å². The minimum Gasteiger partial charge on any atom is -0.465 e. The van der Waals surface area contributed by atoms with E-state index in [-0.39, 0.29) is 19.0 Å². The Bertz CT molecular complexity index is 383. The molecule has 0 bridgehead atoms. The summed E-state index contributed by atoms with van der Waals surface area (Å²) in [7, 11) is 0. The van der Waals surface area contributed by atoms with Crippen molar-refractivity contribution in [2.24, 2.45) is 11.7 Å². The molecule has 0 fully saturated rings. The summed E-state index contributed by atoms with van der Waals surface area (Å²) in [6.07, 6.45) is 4.09. The topological polar surface area (TPSA) is 78.6 Å². The molecule has 1 aliphatic rings. The first-order valence-corrected chi connectivity index (χ1v) is 6.53. The van der Waals surface area contributed by atoms with Crippen molar-refractivity contribution in [1.82, 2.24) is 0 Å². The van der Waals surface area contributed by atoms with Crippen LogP contribution < -0.4 is 5.73 Å². The summed E-state index contributed by atoms with van der Waals surface area (Å²) in [4.78, 5) is 23.8. The lowest BCUT2D eigenvalue weighted by molar-refractivity contribution is -0.160. The molecule has 0 aliphatic heterocycles. The summed E-state index contributed by atoms with van der Waals surface area (Å²) in [6, 6.07) is 0. The third-order valence-corrected chi connectivity index (χ3v) is 2.83. The van der Waals surface area contributed by atoms with Gasteiger partial charge in [0.05, 0.1) is 12.5 Å². The van der Waals surface area contributed by atoms with Crippen LogP contribution in [0.3, 0.4) is 0 Å². The monoisotopic (exact) mass is 269 g/mol. The van der Waals surface area contributed by atoms with Gasteiger partial charge in [0.1, 0.15) is 11.1 Å². The fraction of sp³-hybridized carbons (Fsp3) is 0.714. The van der Waals surface area contributed by atoms with E-state index in [2.05, 4.69) is 0 Å². The molecule has 0 saturated heterocycles. The van der Waals surface area contributed by atoms with Crippen LogP contribution in [-0.4, -0.2) is 29.7 Å².